The molecule has 0 saturated carbocycles. The van der Waals surface area contributed by atoms with Crippen LogP contribution in [0.25, 0.3) is 0 Å². The predicted molar refractivity (Wildman–Crippen MR) is 53.9 cm³/mol. The predicted octanol–water partition coefficient (Wildman–Crippen LogP) is 0.520. The number of nitrogens with zero attached hydrogens (tertiary/aromatic N) is 2. The van der Waals surface area contributed by atoms with E-state index in [0.29, 0.717) is 0 Å². The molecule has 0 aliphatic carbocycles. The van der Waals surface area contributed by atoms with E-state index in [9.17, 15) is 0 Å². The van der Waals surface area contributed by atoms with Crippen molar-refractivity contribution in [2.75, 3.05) is 6.61 Å². The fraction of sp³-hybridized carbons (Fsp3) is 0.700. The van der Waals surface area contributed by atoms with Crippen molar-refractivity contribution < 1.29 is 5.11 Å². The van der Waals surface area contributed by atoms with E-state index in [0.717, 1.165) is 30.2 Å². The van der Waals surface area contributed by atoms with E-state index >= 15 is 0 Å². The first kappa shape index (κ1) is 9.68. The molecule has 0 amide bonds. The van der Waals surface area contributed by atoms with Crippen LogP contribution >= 0.6 is 0 Å². The van der Waals surface area contributed by atoms with Gasteiger partial charge in [-0.05, 0) is 19.8 Å². The number of aromatic nitrogens is 2. The number of hydrogen-bond donors (Lipinski definition) is 2. The largest absolute Gasteiger partial charge is 0.394 e. The molecule has 1 atom stereocenters. The lowest BCUT2D eigenvalue weighted by molar-refractivity contribution is 0.261. The second-order valence-electron chi connectivity index (χ2n) is 3.90. The molecule has 1 unspecified atom stereocenters. The molecule has 1 aliphatic rings. The second kappa shape index (κ2) is 3.71. The summed E-state index contributed by atoms with van der Waals surface area (Å²) >= 11 is 0. The monoisotopic (exact) mass is 195 g/mol. The minimum absolute atomic E-state index is 0.00796. The zero-order chi connectivity index (χ0) is 10.1. The molecule has 0 saturated heterocycles. The Labute approximate surface area is 83.8 Å². The lowest BCUT2D eigenvalue weighted by Crippen LogP contribution is -2.22. The van der Waals surface area contributed by atoms with E-state index in [4.69, 9.17) is 10.8 Å². The van der Waals surface area contributed by atoms with Gasteiger partial charge in [0.25, 0.3) is 0 Å². The maximum Gasteiger partial charge on any atom is 0.109 e. The zero-order valence-corrected chi connectivity index (χ0v) is 8.53. The highest BCUT2D eigenvalue weighted by Gasteiger charge is 2.20. The molecule has 3 N–H and O–H groups in total. The SMILES string of the molecule is Cc1nc2n(c1C(N)CO)CCCC2. The molecule has 0 fully saturated rings. The fourth-order valence-electron chi connectivity index (χ4n) is 2.19. The van der Waals surface area contributed by atoms with Gasteiger partial charge in [0.15, 0.2) is 0 Å². The van der Waals surface area contributed by atoms with Gasteiger partial charge in [-0.1, -0.05) is 0 Å². The first-order chi connectivity index (χ1) is 6.74. The van der Waals surface area contributed by atoms with Gasteiger partial charge in [0.05, 0.1) is 24.0 Å². The van der Waals surface area contributed by atoms with E-state index in [1.54, 1.807) is 0 Å². The third-order valence-electron chi connectivity index (χ3n) is 2.85. The van der Waals surface area contributed by atoms with Gasteiger partial charge in [-0.3, -0.25) is 0 Å². The summed E-state index contributed by atoms with van der Waals surface area (Å²) in [4.78, 5) is 4.49. The Hall–Kier alpha value is -0.870. The Kier molecular flexibility index (Phi) is 2.56. The highest BCUT2D eigenvalue weighted by molar-refractivity contribution is 5.20. The molecule has 14 heavy (non-hydrogen) atoms. The van der Waals surface area contributed by atoms with Crippen LogP contribution in [0.3, 0.4) is 0 Å². The number of hydrogen-bond acceptors (Lipinski definition) is 3. The highest BCUT2D eigenvalue weighted by atomic mass is 16.3. The molecule has 0 spiro atoms. The Balaban J connectivity index is 2.42. The molecule has 0 radical (unpaired) electrons. The number of aryl methyl sites for hydroxylation is 2. The van der Waals surface area contributed by atoms with Gasteiger partial charge in [0.1, 0.15) is 5.82 Å². The summed E-state index contributed by atoms with van der Waals surface area (Å²) in [5.41, 5.74) is 7.84. The Morgan fingerprint density at radius 2 is 2.36 bits per heavy atom. The van der Waals surface area contributed by atoms with Crippen molar-refractivity contribution in [3.05, 3.63) is 17.2 Å². The number of rotatable bonds is 2. The molecule has 1 aromatic rings. The molecular formula is C10H17N3O. The van der Waals surface area contributed by atoms with Crippen LogP contribution in [0.15, 0.2) is 0 Å². The van der Waals surface area contributed by atoms with Gasteiger partial charge in [-0.2, -0.15) is 0 Å². The Bertz CT molecular complexity index is 332. The smallest absolute Gasteiger partial charge is 0.109 e. The number of aliphatic hydroxyl groups is 1. The van der Waals surface area contributed by atoms with Crippen molar-refractivity contribution in [2.24, 2.45) is 5.73 Å². The molecule has 0 bridgehead atoms. The average Bonchev–Trinajstić information content (AvgIpc) is 2.53. The number of imidazole rings is 1. The normalized spacial score (nSPS) is 17.9. The van der Waals surface area contributed by atoms with E-state index in [1.165, 1.54) is 12.8 Å². The minimum Gasteiger partial charge on any atom is -0.394 e. The van der Waals surface area contributed by atoms with Crippen molar-refractivity contribution in [1.82, 2.24) is 9.55 Å². The minimum atomic E-state index is -0.283. The van der Waals surface area contributed by atoms with Gasteiger partial charge in [0, 0.05) is 13.0 Å². The molecule has 0 aromatic carbocycles. The van der Waals surface area contributed by atoms with Crippen LogP contribution in [0.2, 0.25) is 0 Å². The van der Waals surface area contributed by atoms with Gasteiger partial charge in [-0.25, -0.2) is 4.98 Å². The third kappa shape index (κ3) is 1.44. The zero-order valence-electron chi connectivity index (χ0n) is 8.53. The second-order valence-corrected chi connectivity index (χ2v) is 3.90. The molecular weight excluding hydrogens is 178 g/mol. The molecule has 4 nitrogen and oxygen atoms in total. The first-order valence-electron chi connectivity index (χ1n) is 5.16. The topological polar surface area (TPSA) is 64.1 Å². The highest BCUT2D eigenvalue weighted by Crippen LogP contribution is 2.22. The van der Waals surface area contributed by atoms with Gasteiger partial charge in [0.2, 0.25) is 0 Å². The summed E-state index contributed by atoms with van der Waals surface area (Å²) in [6.45, 7) is 2.96. The van der Waals surface area contributed by atoms with E-state index in [1.807, 2.05) is 6.92 Å². The van der Waals surface area contributed by atoms with Crippen LogP contribution < -0.4 is 5.73 Å². The Morgan fingerprint density at radius 3 is 3.07 bits per heavy atom. The van der Waals surface area contributed by atoms with Crippen molar-refractivity contribution in [3.8, 4) is 0 Å². The van der Waals surface area contributed by atoms with Gasteiger partial charge < -0.3 is 15.4 Å². The summed E-state index contributed by atoms with van der Waals surface area (Å²) in [5.74, 6) is 1.13. The van der Waals surface area contributed by atoms with Crippen LogP contribution in [-0.4, -0.2) is 21.3 Å². The van der Waals surface area contributed by atoms with Crippen LogP contribution in [0.1, 0.15) is 36.1 Å². The molecule has 1 aliphatic heterocycles. The molecule has 2 heterocycles. The standard InChI is InChI=1S/C10H17N3O/c1-7-10(8(11)6-14)13-5-3-2-4-9(13)12-7/h8,14H,2-6,11H2,1H3. The van der Waals surface area contributed by atoms with Gasteiger partial charge in [-0.15, -0.1) is 0 Å². The van der Waals surface area contributed by atoms with E-state index in [2.05, 4.69) is 9.55 Å². The number of fused-ring (bicyclic) bond motifs is 1. The number of nitrogens with two attached hydrogens (primary N) is 1. The maximum atomic E-state index is 9.07. The van der Waals surface area contributed by atoms with Crippen LogP contribution in [-0.2, 0) is 13.0 Å². The summed E-state index contributed by atoms with van der Waals surface area (Å²) in [5, 5.41) is 9.07. The Morgan fingerprint density at radius 1 is 1.57 bits per heavy atom. The summed E-state index contributed by atoms with van der Waals surface area (Å²) in [6, 6.07) is -0.283. The van der Waals surface area contributed by atoms with Crippen LogP contribution in [0, 0.1) is 6.92 Å². The summed E-state index contributed by atoms with van der Waals surface area (Å²) < 4.78 is 2.18. The van der Waals surface area contributed by atoms with E-state index in [-0.39, 0.29) is 12.6 Å². The lowest BCUT2D eigenvalue weighted by Gasteiger charge is -2.19. The average molecular weight is 195 g/mol. The van der Waals surface area contributed by atoms with Crippen molar-refractivity contribution in [2.45, 2.75) is 38.8 Å². The van der Waals surface area contributed by atoms with E-state index < -0.39 is 0 Å². The molecule has 4 heteroatoms. The van der Waals surface area contributed by atoms with Crippen LogP contribution in [0.5, 0.6) is 0 Å². The molecule has 1 aromatic heterocycles. The fourth-order valence-corrected chi connectivity index (χ4v) is 2.19. The van der Waals surface area contributed by atoms with Gasteiger partial charge >= 0.3 is 0 Å². The quantitative estimate of drug-likeness (QED) is 0.723. The first-order valence-corrected chi connectivity index (χ1v) is 5.16. The maximum absolute atomic E-state index is 9.07. The summed E-state index contributed by atoms with van der Waals surface area (Å²) in [6.07, 6.45) is 3.44. The molecule has 2 rings (SSSR count). The van der Waals surface area contributed by atoms with Crippen molar-refractivity contribution in [3.63, 3.8) is 0 Å². The van der Waals surface area contributed by atoms with Crippen LogP contribution in [0.4, 0.5) is 0 Å². The number of aliphatic hydroxyl groups excluding tert-OH is 1. The summed E-state index contributed by atoms with van der Waals surface area (Å²) in [7, 11) is 0. The molecule has 78 valence electrons. The third-order valence-corrected chi connectivity index (χ3v) is 2.85. The van der Waals surface area contributed by atoms with Crippen molar-refractivity contribution >= 4 is 0 Å². The lowest BCUT2D eigenvalue weighted by atomic mass is 10.1. The van der Waals surface area contributed by atoms with Crippen molar-refractivity contribution in [1.29, 1.82) is 0 Å².